The normalized spacial score (nSPS) is 15.5. The summed E-state index contributed by atoms with van der Waals surface area (Å²) in [5.41, 5.74) is 20.6. The van der Waals surface area contributed by atoms with E-state index in [1.54, 1.807) is 22.3 Å². The van der Waals surface area contributed by atoms with Crippen LogP contribution in [-0.2, 0) is 20.6 Å². The second-order valence-corrected chi connectivity index (χ2v) is 45.9. The summed E-state index contributed by atoms with van der Waals surface area (Å²) in [5, 5.41) is 5.23. The van der Waals surface area contributed by atoms with E-state index in [2.05, 4.69) is 209 Å². The molecule has 0 N–H and O–H groups in total. The van der Waals surface area contributed by atoms with Crippen molar-refractivity contribution in [1.29, 1.82) is 0 Å². The molecule has 10 rings (SSSR count). The van der Waals surface area contributed by atoms with E-state index in [0.717, 1.165) is 0 Å². The van der Waals surface area contributed by atoms with Gasteiger partial charge < -0.3 is 0 Å². The molecule has 0 spiro atoms. The minimum absolute atomic E-state index is 0.616. The van der Waals surface area contributed by atoms with Crippen LogP contribution in [0.15, 0.2) is 181 Å². The number of allylic oxidation sites excluding steroid dienone is 2. The van der Waals surface area contributed by atoms with Gasteiger partial charge in [-0.1, -0.05) is 0 Å². The second kappa shape index (κ2) is 17.9. The first kappa shape index (κ1) is 40.9. The van der Waals surface area contributed by atoms with Crippen molar-refractivity contribution in [3.63, 3.8) is 0 Å². The van der Waals surface area contributed by atoms with E-state index in [1.165, 1.54) is 116 Å². The molecule has 0 bridgehead atoms. The monoisotopic (exact) mass is 985 g/mol. The van der Waals surface area contributed by atoms with Gasteiger partial charge in [0.05, 0.1) is 0 Å². The van der Waals surface area contributed by atoms with E-state index >= 15 is 0 Å². The van der Waals surface area contributed by atoms with Crippen molar-refractivity contribution in [1.82, 2.24) is 0 Å². The van der Waals surface area contributed by atoms with Crippen molar-refractivity contribution in [2.75, 3.05) is 0 Å². The molecule has 0 amide bonds. The van der Waals surface area contributed by atoms with Gasteiger partial charge in [-0.15, -0.1) is 0 Å². The molecule has 0 heterocycles. The van der Waals surface area contributed by atoms with Crippen molar-refractivity contribution in [3.05, 3.63) is 203 Å². The van der Waals surface area contributed by atoms with Gasteiger partial charge in [0.2, 0.25) is 0 Å². The maximum atomic E-state index is 2.74. The summed E-state index contributed by atoms with van der Waals surface area (Å²) in [5.74, 6) is -1.08. The molecule has 0 aliphatic heterocycles. The zero-order valence-corrected chi connectivity index (χ0v) is 41.5. The summed E-state index contributed by atoms with van der Waals surface area (Å²) in [6, 6.07) is 64.5. The standard InChI is InChI=1S/2C29H25.C2H7Si.Hf/c2*1-2-3-10-21-19-23-13-9-18-28(29(23)20-21)27-16-7-6-15-26(27)25-17-8-12-22-11-4-5-14-24(22)25;1-3-2;/h2*4-9,11-20H,2-3,10H2,1H3;3H,1-2H3;. The summed E-state index contributed by atoms with van der Waals surface area (Å²) >= 11 is -2.63. The van der Waals surface area contributed by atoms with E-state index in [4.69, 9.17) is 0 Å². The van der Waals surface area contributed by atoms with Gasteiger partial charge in [0.25, 0.3) is 0 Å². The van der Waals surface area contributed by atoms with Crippen LogP contribution in [0.1, 0.15) is 82.0 Å². The van der Waals surface area contributed by atoms with Crippen LogP contribution in [0, 0.1) is 0 Å². The van der Waals surface area contributed by atoms with Crippen LogP contribution in [0.3, 0.4) is 0 Å². The van der Waals surface area contributed by atoms with Gasteiger partial charge in [-0.3, -0.25) is 0 Å². The predicted octanol–water partition coefficient (Wildman–Crippen LogP) is 17.2. The zero-order valence-electron chi connectivity index (χ0n) is 36.8. The van der Waals surface area contributed by atoms with E-state index < -0.39 is 26.6 Å². The van der Waals surface area contributed by atoms with Crippen molar-refractivity contribution in [3.8, 4) is 44.5 Å². The van der Waals surface area contributed by atoms with Gasteiger partial charge >= 0.3 is 381 Å². The molecule has 2 heteroatoms. The first-order chi connectivity index (χ1) is 30.6. The number of hydrogen-bond acceptors (Lipinski definition) is 0. The number of benzene rings is 8. The summed E-state index contributed by atoms with van der Waals surface area (Å²) in [7, 11) is 0. The van der Waals surface area contributed by atoms with Crippen LogP contribution in [0.4, 0.5) is 0 Å². The van der Waals surface area contributed by atoms with Crippen molar-refractivity contribution in [2.45, 2.75) is 72.8 Å². The molecule has 0 radical (unpaired) electrons. The molecule has 8 aromatic rings. The Labute approximate surface area is 378 Å². The molecule has 305 valence electrons. The van der Waals surface area contributed by atoms with Crippen molar-refractivity contribution in [2.24, 2.45) is 0 Å². The molecular formula is C60H57HfSi. The molecule has 2 unspecified atom stereocenters. The molecule has 8 aromatic carbocycles. The Morgan fingerprint density at radius 3 is 1.15 bits per heavy atom. The molecule has 2 aliphatic carbocycles. The molecule has 62 heavy (non-hydrogen) atoms. The SMILES string of the molecule is CCCCC1=Cc2c(-c3ccccc3-c3cccc4ccccc34)cccc2[CH]1[Hf]([CH]1C(CCCC)=Cc2c(-c3ccccc3-c3cccc4ccccc34)cccc21)[SiH](C)C. The Hall–Kier alpha value is -5.15. The summed E-state index contributed by atoms with van der Waals surface area (Å²) in [6.45, 7) is 10.2. The van der Waals surface area contributed by atoms with Gasteiger partial charge in [-0.25, -0.2) is 0 Å². The molecule has 0 aromatic heterocycles. The number of unbranched alkanes of at least 4 members (excludes halogenated alkanes) is 2. The number of rotatable bonds is 13. The van der Waals surface area contributed by atoms with Gasteiger partial charge in [-0.05, 0) is 0 Å². The Kier molecular flexibility index (Phi) is 11.8. The van der Waals surface area contributed by atoms with Gasteiger partial charge in [-0.2, -0.15) is 0 Å². The first-order valence-corrected chi connectivity index (χ1v) is 36.5. The Morgan fingerprint density at radius 1 is 0.387 bits per heavy atom. The molecule has 0 fully saturated rings. The topological polar surface area (TPSA) is 0 Å². The number of hydrogen-bond donors (Lipinski definition) is 0. The fourth-order valence-electron chi connectivity index (χ4n) is 11.0. The van der Waals surface area contributed by atoms with Gasteiger partial charge in [0.15, 0.2) is 0 Å². The van der Waals surface area contributed by atoms with Crippen LogP contribution in [0.25, 0.3) is 78.2 Å². The van der Waals surface area contributed by atoms with E-state index in [-0.39, 0.29) is 0 Å². The fourth-order valence-corrected chi connectivity index (χ4v) is 43.5. The summed E-state index contributed by atoms with van der Waals surface area (Å²) in [6.07, 6.45) is 12.8. The molecule has 0 nitrogen and oxygen atoms in total. The average Bonchev–Trinajstić information content (AvgIpc) is 3.88. The van der Waals surface area contributed by atoms with Crippen LogP contribution in [-0.4, -0.2) is 5.98 Å². The summed E-state index contributed by atoms with van der Waals surface area (Å²) < 4.78 is 1.23. The molecule has 0 saturated carbocycles. The van der Waals surface area contributed by atoms with Crippen LogP contribution in [0.5, 0.6) is 0 Å². The average molecular weight is 985 g/mol. The van der Waals surface area contributed by atoms with E-state index in [9.17, 15) is 0 Å². The Morgan fingerprint density at radius 2 is 0.726 bits per heavy atom. The molecule has 2 aliphatic rings. The Balaban J connectivity index is 1.12. The molecular weight excluding hydrogens is 927 g/mol. The fraction of sp³-hybridized carbons (Fsp3) is 0.200. The first-order valence-electron chi connectivity index (χ1n) is 23.2. The van der Waals surface area contributed by atoms with Crippen molar-refractivity contribution >= 4 is 39.7 Å². The third-order valence-electron chi connectivity index (χ3n) is 13.9. The zero-order chi connectivity index (χ0) is 42.2. The van der Waals surface area contributed by atoms with Gasteiger partial charge in [0.1, 0.15) is 0 Å². The quantitative estimate of drug-likeness (QED) is 0.101. The third kappa shape index (κ3) is 7.37. The van der Waals surface area contributed by atoms with Crippen LogP contribution < -0.4 is 0 Å². The third-order valence-corrected chi connectivity index (χ3v) is 44.7. The van der Waals surface area contributed by atoms with Crippen LogP contribution in [0.2, 0.25) is 13.1 Å². The Bertz CT molecular complexity index is 2790. The van der Waals surface area contributed by atoms with Crippen molar-refractivity contribution < 1.29 is 20.6 Å². The predicted molar refractivity (Wildman–Crippen MR) is 269 cm³/mol. The van der Waals surface area contributed by atoms with E-state index in [1.807, 2.05) is 0 Å². The number of fused-ring (bicyclic) bond motifs is 4. The van der Waals surface area contributed by atoms with E-state index in [0.29, 0.717) is 7.35 Å². The van der Waals surface area contributed by atoms with Crippen LogP contribution >= 0.6 is 0 Å². The minimum atomic E-state index is -2.63. The molecule has 0 saturated heterocycles. The maximum absolute atomic E-state index is 2.74. The molecule has 2 atom stereocenters. The van der Waals surface area contributed by atoms with Gasteiger partial charge in [0, 0.05) is 0 Å². The summed E-state index contributed by atoms with van der Waals surface area (Å²) in [4.78, 5) is 0. The second-order valence-electron chi connectivity index (χ2n) is 17.9.